The predicted molar refractivity (Wildman–Crippen MR) is 84.5 cm³/mol. The first-order valence-electron chi connectivity index (χ1n) is 6.06. The molecule has 1 nitrogen and oxygen atoms in total. The van der Waals surface area contributed by atoms with Crippen molar-refractivity contribution in [1.82, 2.24) is 4.98 Å². The van der Waals surface area contributed by atoms with Gasteiger partial charge in [0.25, 0.3) is 0 Å². The van der Waals surface area contributed by atoms with Crippen LogP contribution in [0, 0.1) is 0 Å². The molecule has 0 atom stereocenters. The van der Waals surface area contributed by atoms with E-state index >= 15 is 0 Å². The van der Waals surface area contributed by atoms with Crippen molar-refractivity contribution < 1.29 is 0 Å². The average Bonchev–Trinajstić information content (AvgIpc) is 2.91. The Morgan fingerprint density at radius 3 is 2.47 bits per heavy atom. The zero-order chi connectivity index (χ0) is 13.1. The van der Waals surface area contributed by atoms with E-state index in [2.05, 4.69) is 51.6 Å². The molecule has 0 aliphatic rings. The molecule has 3 aromatic rings. The number of hydrogen-bond donors (Lipinski definition) is 0. The third-order valence-corrected chi connectivity index (χ3v) is 4.54. The molecule has 3 rings (SSSR count). The summed E-state index contributed by atoms with van der Waals surface area (Å²) in [7, 11) is 0. The minimum Gasteiger partial charge on any atom is -0.241 e. The van der Waals surface area contributed by atoms with Crippen molar-refractivity contribution in [3.05, 3.63) is 75.0 Å². The molecule has 19 heavy (non-hydrogen) atoms. The summed E-state index contributed by atoms with van der Waals surface area (Å²) < 4.78 is 1.14. The number of benzene rings is 2. The van der Waals surface area contributed by atoms with Crippen LogP contribution in [0.4, 0.5) is 0 Å². The Morgan fingerprint density at radius 2 is 1.68 bits per heavy atom. The maximum absolute atomic E-state index is 4.71. The van der Waals surface area contributed by atoms with Crippen LogP contribution < -0.4 is 0 Å². The second kappa shape index (κ2) is 5.68. The Hall–Kier alpha value is -1.45. The van der Waals surface area contributed by atoms with Crippen molar-refractivity contribution in [2.45, 2.75) is 6.42 Å². The normalized spacial score (nSPS) is 10.6. The number of nitrogens with zero attached hydrogens (tertiary/aromatic N) is 1. The zero-order valence-electron chi connectivity index (χ0n) is 10.2. The Labute approximate surface area is 125 Å². The van der Waals surface area contributed by atoms with Crippen molar-refractivity contribution >= 4 is 27.3 Å². The highest BCUT2D eigenvalue weighted by atomic mass is 79.9. The van der Waals surface area contributed by atoms with Gasteiger partial charge in [0, 0.05) is 21.8 Å². The third-order valence-electron chi connectivity index (χ3n) is 2.92. The van der Waals surface area contributed by atoms with Gasteiger partial charge in [-0.05, 0) is 11.6 Å². The van der Waals surface area contributed by atoms with Gasteiger partial charge in [0.15, 0.2) is 0 Å². The summed E-state index contributed by atoms with van der Waals surface area (Å²) in [4.78, 5) is 4.71. The third kappa shape index (κ3) is 2.94. The van der Waals surface area contributed by atoms with Crippen molar-refractivity contribution in [2.24, 2.45) is 0 Å². The first-order chi connectivity index (χ1) is 9.33. The second-order valence-electron chi connectivity index (χ2n) is 4.26. The van der Waals surface area contributed by atoms with Crippen LogP contribution in [0.15, 0.2) is 64.5 Å². The summed E-state index contributed by atoms with van der Waals surface area (Å²) >= 11 is 5.30. The summed E-state index contributed by atoms with van der Waals surface area (Å²) in [6.07, 6.45) is 0.874. The molecular weight excluding hydrogens is 318 g/mol. The largest absolute Gasteiger partial charge is 0.241 e. The molecule has 0 aliphatic carbocycles. The summed E-state index contributed by atoms with van der Waals surface area (Å²) in [5.74, 6) is 0. The van der Waals surface area contributed by atoms with Crippen LogP contribution in [0.2, 0.25) is 0 Å². The fourth-order valence-electron chi connectivity index (χ4n) is 1.94. The monoisotopic (exact) mass is 329 g/mol. The van der Waals surface area contributed by atoms with E-state index in [1.165, 1.54) is 11.1 Å². The molecule has 1 heterocycles. The molecule has 0 unspecified atom stereocenters. The lowest BCUT2D eigenvalue weighted by molar-refractivity contribution is 1.13. The molecule has 0 bridgehead atoms. The van der Waals surface area contributed by atoms with Crippen LogP contribution in [0.1, 0.15) is 10.6 Å². The lowest BCUT2D eigenvalue weighted by Gasteiger charge is -2.00. The van der Waals surface area contributed by atoms with Crippen LogP contribution in [0.5, 0.6) is 0 Å². The number of hydrogen-bond acceptors (Lipinski definition) is 2. The maximum Gasteiger partial charge on any atom is 0.0976 e. The highest BCUT2D eigenvalue weighted by molar-refractivity contribution is 9.10. The molecule has 0 aliphatic heterocycles. The molecule has 1 aromatic heterocycles. The van der Waals surface area contributed by atoms with Gasteiger partial charge in [-0.15, -0.1) is 11.3 Å². The van der Waals surface area contributed by atoms with Crippen LogP contribution in [-0.4, -0.2) is 4.98 Å². The number of rotatable bonds is 3. The first kappa shape index (κ1) is 12.6. The number of thiazole rings is 1. The molecule has 0 spiro atoms. The molecule has 3 heteroatoms. The van der Waals surface area contributed by atoms with Gasteiger partial charge in [-0.2, -0.15) is 0 Å². The number of aromatic nitrogens is 1. The highest BCUT2D eigenvalue weighted by Crippen LogP contribution is 2.25. The standard InChI is InChI=1S/C16H12BrNS/c17-14-9-5-4-8-13(14)10-16-18-15(11-19-16)12-6-2-1-3-7-12/h1-9,11H,10H2. The van der Waals surface area contributed by atoms with Gasteiger partial charge in [0.1, 0.15) is 0 Å². The Bertz CT molecular complexity index is 676. The summed E-state index contributed by atoms with van der Waals surface area (Å²) in [5, 5.41) is 3.27. The van der Waals surface area contributed by atoms with E-state index in [-0.39, 0.29) is 0 Å². The lowest BCUT2D eigenvalue weighted by Crippen LogP contribution is -1.88. The second-order valence-corrected chi connectivity index (χ2v) is 6.06. The molecular formula is C16H12BrNS. The van der Waals surface area contributed by atoms with Crippen LogP contribution in [0.25, 0.3) is 11.3 Å². The van der Waals surface area contributed by atoms with Crippen molar-refractivity contribution in [1.29, 1.82) is 0 Å². The molecule has 0 N–H and O–H groups in total. The van der Waals surface area contributed by atoms with E-state index < -0.39 is 0 Å². The smallest absolute Gasteiger partial charge is 0.0976 e. The molecule has 0 saturated carbocycles. The molecule has 0 radical (unpaired) electrons. The first-order valence-corrected chi connectivity index (χ1v) is 7.73. The van der Waals surface area contributed by atoms with Gasteiger partial charge in [-0.1, -0.05) is 64.5 Å². The molecule has 0 amide bonds. The van der Waals surface area contributed by atoms with E-state index in [1.807, 2.05) is 24.3 Å². The van der Waals surface area contributed by atoms with Crippen molar-refractivity contribution in [3.8, 4) is 11.3 Å². The average molecular weight is 330 g/mol. The highest BCUT2D eigenvalue weighted by Gasteiger charge is 2.06. The van der Waals surface area contributed by atoms with E-state index in [0.717, 1.165) is 21.6 Å². The maximum atomic E-state index is 4.71. The molecule has 0 saturated heterocycles. The van der Waals surface area contributed by atoms with Gasteiger partial charge in [0.05, 0.1) is 10.7 Å². The summed E-state index contributed by atoms with van der Waals surface area (Å²) in [5.41, 5.74) is 3.52. The van der Waals surface area contributed by atoms with Crippen LogP contribution in [-0.2, 0) is 6.42 Å². The van der Waals surface area contributed by atoms with E-state index in [1.54, 1.807) is 11.3 Å². The predicted octanol–water partition coefficient (Wildman–Crippen LogP) is 5.16. The molecule has 94 valence electrons. The van der Waals surface area contributed by atoms with Crippen molar-refractivity contribution in [3.63, 3.8) is 0 Å². The van der Waals surface area contributed by atoms with Gasteiger partial charge >= 0.3 is 0 Å². The lowest BCUT2D eigenvalue weighted by atomic mass is 10.1. The van der Waals surface area contributed by atoms with Gasteiger partial charge in [-0.25, -0.2) is 4.98 Å². The SMILES string of the molecule is Brc1ccccc1Cc1nc(-c2ccccc2)cs1. The molecule has 0 fully saturated rings. The Kier molecular flexibility index (Phi) is 3.76. The van der Waals surface area contributed by atoms with Gasteiger partial charge < -0.3 is 0 Å². The minimum absolute atomic E-state index is 0.874. The molecule has 2 aromatic carbocycles. The topological polar surface area (TPSA) is 12.9 Å². The minimum atomic E-state index is 0.874. The Morgan fingerprint density at radius 1 is 0.947 bits per heavy atom. The van der Waals surface area contributed by atoms with Gasteiger partial charge in [-0.3, -0.25) is 0 Å². The van der Waals surface area contributed by atoms with E-state index in [9.17, 15) is 0 Å². The quantitative estimate of drug-likeness (QED) is 0.646. The van der Waals surface area contributed by atoms with E-state index in [4.69, 9.17) is 4.98 Å². The number of halogens is 1. The van der Waals surface area contributed by atoms with E-state index in [0.29, 0.717) is 0 Å². The van der Waals surface area contributed by atoms with Crippen LogP contribution >= 0.6 is 27.3 Å². The summed E-state index contributed by atoms with van der Waals surface area (Å²) in [6, 6.07) is 18.6. The van der Waals surface area contributed by atoms with Crippen molar-refractivity contribution in [2.75, 3.05) is 0 Å². The fourth-order valence-corrected chi connectivity index (χ4v) is 3.19. The summed E-state index contributed by atoms with van der Waals surface area (Å²) in [6.45, 7) is 0. The zero-order valence-corrected chi connectivity index (χ0v) is 12.6. The Balaban J connectivity index is 1.85. The van der Waals surface area contributed by atoms with Crippen LogP contribution in [0.3, 0.4) is 0 Å². The van der Waals surface area contributed by atoms with Gasteiger partial charge in [0.2, 0.25) is 0 Å². The fraction of sp³-hybridized carbons (Fsp3) is 0.0625.